The third kappa shape index (κ3) is 2.22. The smallest absolute Gasteiger partial charge is 0.255 e. The first-order chi connectivity index (χ1) is 8.65. The average molecular weight is 242 g/mol. The predicted octanol–water partition coefficient (Wildman–Crippen LogP) is 2.55. The summed E-state index contributed by atoms with van der Waals surface area (Å²) in [5.41, 5.74) is 8.47. The number of nitrogens with zero attached hydrogens (tertiary/aromatic N) is 1. The third-order valence-corrected chi connectivity index (χ3v) is 3.08. The lowest BCUT2D eigenvalue weighted by atomic mass is 10.1. The average Bonchev–Trinajstić information content (AvgIpc) is 2.39. The standard InChI is InChI=1S/C15H18N2O/c1-3-17-14(12-7-5-4-6-8-12)10-9-13(11(2)16)15(17)18/h4-11H,3,16H2,1-2H3. The van der Waals surface area contributed by atoms with Gasteiger partial charge in [-0.2, -0.15) is 0 Å². The summed E-state index contributed by atoms with van der Waals surface area (Å²) in [7, 11) is 0. The predicted molar refractivity (Wildman–Crippen MR) is 74.4 cm³/mol. The van der Waals surface area contributed by atoms with Crippen molar-refractivity contribution in [2.24, 2.45) is 5.73 Å². The van der Waals surface area contributed by atoms with Gasteiger partial charge in [-0.15, -0.1) is 0 Å². The first-order valence-electron chi connectivity index (χ1n) is 6.20. The highest BCUT2D eigenvalue weighted by atomic mass is 16.1. The first kappa shape index (κ1) is 12.6. The Balaban J connectivity index is 2.64. The van der Waals surface area contributed by atoms with Crippen molar-refractivity contribution in [3.8, 4) is 11.3 Å². The molecule has 2 rings (SSSR count). The normalized spacial score (nSPS) is 12.4. The summed E-state index contributed by atoms with van der Waals surface area (Å²) in [5.74, 6) is 0. The van der Waals surface area contributed by atoms with E-state index in [1.54, 1.807) is 4.57 Å². The van der Waals surface area contributed by atoms with Crippen LogP contribution in [0.3, 0.4) is 0 Å². The van der Waals surface area contributed by atoms with Crippen molar-refractivity contribution < 1.29 is 0 Å². The van der Waals surface area contributed by atoms with E-state index in [-0.39, 0.29) is 11.6 Å². The SMILES string of the molecule is CCn1c(-c2ccccc2)ccc(C(C)N)c1=O. The summed E-state index contributed by atoms with van der Waals surface area (Å²) in [4.78, 5) is 12.3. The highest BCUT2D eigenvalue weighted by Gasteiger charge is 2.11. The van der Waals surface area contributed by atoms with Gasteiger partial charge < -0.3 is 10.3 Å². The summed E-state index contributed by atoms with van der Waals surface area (Å²) >= 11 is 0. The molecule has 0 amide bonds. The van der Waals surface area contributed by atoms with Crippen molar-refractivity contribution in [1.82, 2.24) is 4.57 Å². The highest BCUT2D eigenvalue weighted by molar-refractivity contribution is 5.59. The highest BCUT2D eigenvalue weighted by Crippen LogP contribution is 2.18. The summed E-state index contributed by atoms with van der Waals surface area (Å²) in [6.45, 7) is 4.45. The maximum atomic E-state index is 12.3. The van der Waals surface area contributed by atoms with E-state index in [1.165, 1.54) is 0 Å². The number of benzene rings is 1. The van der Waals surface area contributed by atoms with Crippen LogP contribution in [0.1, 0.15) is 25.5 Å². The molecule has 1 aromatic carbocycles. The Hall–Kier alpha value is -1.87. The van der Waals surface area contributed by atoms with Gasteiger partial charge in [0.05, 0.1) is 5.69 Å². The summed E-state index contributed by atoms with van der Waals surface area (Å²) in [5, 5.41) is 0. The van der Waals surface area contributed by atoms with Gasteiger partial charge in [-0.25, -0.2) is 0 Å². The van der Waals surface area contributed by atoms with Gasteiger partial charge >= 0.3 is 0 Å². The Morgan fingerprint density at radius 1 is 1.17 bits per heavy atom. The molecule has 0 radical (unpaired) electrons. The van der Waals surface area contributed by atoms with E-state index >= 15 is 0 Å². The lowest BCUT2D eigenvalue weighted by Gasteiger charge is -2.14. The third-order valence-electron chi connectivity index (χ3n) is 3.08. The van der Waals surface area contributed by atoms with Crippen molar-refractivity contribution in [2.45, 2.75) is 26.4 Å². The molecule has 1 heterocycles. The van der Waals surface area contributed by atoms with Gasteiger partial charge in [0.2, 0.25) is 0 Å². The monoisotopic (exact) mass is 242 g/mol. The lowest BCUT2D eigenvalue weighted by molar-refractivity contribution is 0.699. The minimum absolute atomic E-state index is 0.00820. The van der Waals surface area contributed by atoms with Gasteiger partial charge in [-0.1, -0.05) is 30.3 Å². The van der Waals surface area contributed by atoms with Gasteiger partial charge in [0, 0.05) is 18.2 Å². The molecule has 0 aliphatic heterocycles. The molecule has 18 heavy (non-hydrogen) atoms. The molecule has 3 heteroatoms. The Labute approximate surface area is 107 Å². The minimum atomic E-state index is -0.236. The summed E-state index contributed by atoms with van der Waals surface area (Å²) in [6.07, 6.45) is 0. The number of rotatable bonds is 3. The molecule has 3 nitrogen and oxygen atoms in total. The summed E-state index contributed by atoms with van der Waals surface area (Å²) < 4.78 is 1.77. The zero-order valence-electron chi connectivity index (χ0n) is 10.8. The Bertz CT molecular complexity index is 585. The molecule has 0 saturated carbocycles. The Morgan fingerprint density at radius 2 is 1.83 bits per heavy atom. The second-order valence-corrected chi connectivity index (χ2v) is 4.38. The maximum Gasteiger partial charge on any atom is 0.255 e. The van der Waals surface area contributed by atoms with E-state index in [4.69, 9.17) is 5.73 Å². The molecule has 1 aromatic heterocycles. The van der Waals surface area contributed by atoms with Crippen molar-refractivity contribution in [2.75, 3.05) is 0 Å². The quantitative estimate of drug-likeness (QED) is 0.899. The van der Waals surface area contributed by atoms with Gasteiger partial charge in [-0.05, 0) is 31.5 Å². The largest absolute Gasteiger partial charge is 0.324 e. The van der Waals surface area contributed by atoms with Crippen LogP contribution in [0.25, 0.3) is 11.3 Å². The fraction of sp³-hybridized carbons (Fsp3) is 0.267. The van der Waals surface area contributed by atoms with Gasteiger partial charge in [-0.3, -0.25) is 4.79 Å². The van der Waals surface area contributed by atoms with Crippen molar-refractivity contribution in [3.63, 3.8) is 0 Å². The van der Waals surface area contributed by atoms with Crippen LogP contribution in [0, 0.1) is 0 Å². The van der Waals surface area contributed by atoms with Crippen LogP contribution in [0.4, 0.5) is 0 Å². The van der Waals surface area contributed by atoms with Gasteiger partial charge in [0.25, 0.3) is 5.56 Å². The van der Waals surface area contributed by atoms with E-state index in [9.17, 15) is 4.79 Å². The molecule has 2 N–H and O–H groups in total. The van der Waals surface area contributed by atoms with E-state index in [2.05, 4.69) is 0 Å². The van der Waals surface area contributed by atoms with Gasteiger partial charge in [0.15, 0.2) is 0 Å². The molecule has 0 spiro atoms. The van der Waals surface area contributed by atoms with Crippen molar-refractivity contribution in [1.29, 1.82) is 0 Å². The molecule has 0 aliphatic carbocycles. The summed E-state index contributed by atoms with van der Waals surface area (Å²) in [6, 6.07) is 13.5. The number of hydrogen-bond donors (Lipinski definition) is 1. The topological polar surface area (TPSA) is 48.0 Å². The molecule has 1 unspecified atom stereocenters. The fourth-order valence-electron chi connectivity index (χ4n) is 2.12. The lowest BCUT2D eigenvalue weighted by Crippen LogP contribution is -2.27. The zero-order chi connectivity index (χ0) is 13.1. The molecule has 0 saturated heterocycles. The second-order valence-electron chi connectivity index (χ2n) is 4.38. The number of aromatic nitrogens is 1. The fourth-order valence-corrected chi connectivity index (χ4v) is 2.12. The number of pyridine rings is 1. The maximum absolute atomic E-state index is 12.3. The first-order valence-corrected chi connectivity index (χ1v) is 6.20. The van der Waals surface area contributed by atoms with Gasteiger partial charge in [0.1, 0.15) is 0 Å². The molecule has 1 atom stereocenters. The minimum Gasteiger partial charge on any atom is -0.324 e. The molecule has 94 valence electrons. The van der Waals surface area contributed by atoms with E-state index in [0.717, 1.165) is 11.3 Å². The van der Waals surface area contributed by atoms with E-state index < -0.39 is 0 Å². The molecule has 2 aromatic rings. The van der Waals surface area contributed by atoms with Crippen LogP contribution in [0.2, 0.25) is 0 Å². The van der Waals surface area contributed by atoms with Crippen LogP contribution in [-0.4, -0.2) is 4.57 Å². The van der Waals surface area contributed by atoms with E-state index in [1.807, 2.05) is 56.3 Å². The van der Waals surface area contributed by atoms with Crippen LogP contribution < -0.4 is 11.3 Å². The van der Waals surface area contributed by atoms with Crippen molar-refractivity contribution in [3.05, 3.63) is 58.4 Å². The molecular weight excluding hydrogens is 224 g/mol. The molecule has 0 fully saturated rings. The molecule has 0 aliphatic rings. The van der Waals surface area contributed by atoms with Crippen LogP contribution in [-0.2, 0) is 6.54 Å². The molecular formula is C15H18N2O. The Morgan fingerprint density at radius 3 is 2.39 bits per heavy atom. The van der Waals surface area contributed by atoms with E-state index in [0.29, 0.717) is 12.1 Å². The van der Waals surface area contributed by atoms with Crippen LogP contribution in [0.5, 0.6) is 0 Å². The Kier molecular flexibility index (Phi) is 3.63. The second kappa shape index (κ2) is 5.19. The van der Waals surface area contributed by atoms with Crippen LogP contribution >= 0.6 is 0 Å². The molecule has 0 bridgehead atoms. The van der Waals surface area contributed by atoms with Crippen LogP contribution in [0.15, 0.2) is 47.3 Å². The van der Waals surface area contributed by atoms with Crippen molar-refractivity contribution >= 4 is 0 Å². The zero-order valence-corrected chi connectivity index (χ0v) is 10.8. The number of hydrogen-bond acceptors (Lipinski definition) is 2. The number of nitrogens with two attached hydrogens (primary N) is 1.